The maximum absolute atomic E-state index is 10.6. The molecule has 0 aliphatic carbocycles. The molecule has 0 aromatic rings. The number of quaternary nitrogens is 3. The molecule has 0 unspecified atom stereocenters. The third-order valence-corrected chi connectivity index (χ3v) is 2.68. The molecule has 0 heterocycles. The van der Waals surface area contributed by atoms with E-state index in [-0.39, 0.29) is 5.91 Å². The van der Waals surface area contributed by atoms with E-state index in [1.807, 2.05) is 0 Å². The average molecular weight is 247 g/mol. The molecule has 0 aliphatic rings. The molecule has 0 saturated heterocycles. The fraction of sp³-hybridized carbons (Fsp3) is 0.917. The molecule has 8 N–H and O–H groups in total. The molecule has 17 heavy (non-hydrogen) atoms. The normalized spacial score (nSPS) is 10.5. The summed E-state index contributed by atoms with van der Waals surface area (Å²) in [7, 11) is 0. The highest BCUT2D eigenvalue weighted by Gasteiger charge is 1.95. The van der Waals surface area contributed by atoms with Gasteiger partial charge >= 0.3 is 0 Å². The van der Waals surface area contributed by atoms with Gasteiger partial charge in [-0.25, -0.2) is 0 Å². The van der Waals surface area contributed by atoms with Gasteiger partial charge in [-0.15, -0.1) is 0 Å². The Morgan fingerprint density at radius 2 is 1.53 bits per heavy atom. The molecule has 0 atom stereocenters. The number of carbonyl (C=O) groups is 1. The second kappa shape index (κ2) is 13.4. The second-order valence-corrected chi connectivity index (χ2v) is 4.48. The van der Waals surface area contributed by atoms with E-state index in [1.54, 1.807) is 6.92 Å². The van der Waals surface area contributed by atoms with E-state index < -0.39 is 0 Å². The summed E-state index contributed by atoms with van der Waals surface area (Å²) in [6.45, 7) is 8.23. The lowest BCUT2D eigenvalue weighted by molar-refractivity contribution is -0.665. The highest BCUT2D eigenvalue weighted by molar-refractivity contribution is 5.72. The van der Waals surface area contributed by atoms with Crippen LogP contribution in [0.25, 0.3) is 0 Å². The predicted octanol–water partition coefficient (Wildman–Crippen LogP) is -2.95. The van der Waals surface area contributed by atoms with E-state index >= 15 is 0 Å². The van der Waals surface area contributed by atoms with Crippen LogP contribution in [0.3, 0.4) is 0 Å². The topological polar surface area (TPSA) is 90.0 Å². The van der Waals surface area contributed by atoms with E-state index in [9.17, 15) is 4.79 Å². The van der Waals surface area contributed by atoms with E-state index in [4.69, 9.17) is 0 Å². The molecule has 1 amide bonds. The number of rotatable bonds is 12. The quantitative estimate of drug-likeness (QED) is 0.273. The Labute approximate surface area is 105 Å². The van der Waals surface area contributed by atoms with Crippen LogP contribution in [0.4, 0.5) is 0 Å². The molecule has 0 aliphatic heterocycles. The van der Waals surface area contributed by atoms with E-state index in [0.29, 0.717) is 0 Å². The van der Waals surface area contributed by atoms with Crippen molar-refractivity contribution in [1.82, 2.24) is 5.32 Å². The maximum Gasteiger partial charge on any atom is 0.216 e. The molecule has 0 rings (SSSR count). The van der Waals surface area contributed by atoms with Gasteiger partial charge in [-0.3, -0.25) is 4.79 Å². The van der Waals surface area contributed by atoms with Crippen molar-refractivity contribution < 1.29 is 21.2 Å². The van der Waals surface area contributed by atoms with Crippen molar-refractivity contribution in [2.45, 2.75) is 32.6 Å². The lowest BCUT2D eigenvalue weighted by Gasteiger charge is -2.03. The predicted molar refractivity (Wildman–Crippen MR) is 68.2 cm³/mol. The van der Waals surface area contributed by atoms with Crippen LogP contribution in [-0.2, 0) is 4.79 Å². The minimum Gasteiger partial charge on any atom is -0.357 e. The van der Waals surface area contributed by atoms with Crippen molar-refractivity contribution in [3.05, 3.63) is 0 Å². The van der Waals surface area contributed by atoms with Gasteiger partial charge in [-0.05, 0) is 0 Å². The Kier molecular flexibility index (Phi) is 12.9. The van der Waals surface area contributed by atoms with Crippen LogP contribution in [0.2, 0.25) is 0 Å². The zero-order valence-electron chi connectivity index (χ0n) is 11.3. The number of hydrogen-bond donors (Lipinski definition) is 4. The largest absolute Gasteiger partial charge is 0.357 e. The van der Waals surface area contributed by atoms with Crippen molar-refractivity contribution in [3.63, 3.8) is 0 Å². The van der Waals surface area contributed by atoms with Gasteiger partial charge in [0.05, 0.1) is 32.7 Å². The lowest BCUT2D eigenvalue weighted by Crippen LogP contribution is -2.86. The first-order valence-corrected chi connectivity index (χ1v) is 6.94. The zero-order valence-corrected chi connectivity index (χ0v) is 11.3. The summed E-state index contributed by atoms with van der Waals surface area (Å²) in [5.41, 5.74) is 3.83. The molecular weight excluding hydrogens is 216 g/mol. The molecule has 5 nitrogen and oxygen atoms in total. The fourth-order valence-corrected chi connectivity index (χ4v) is 1.67. The van der Waals surface area contributed by atoms with Crippen molar-refractivity contribution in [2.24, 2.45) is 0 Å². The summed E-state index contributed by atoms with van der Waals surface area (Å²) < 4.78 is 0. The minimum atomic E-state index is 0.0721. The summed E-state index contributed by atoms with van der Waals surface area (Å²) in [4.78, 5) is 10.6. The lowest BCUT2D eigenvalue weighted by atomic mass is 10.3. The maximum atomic E-state index is 10.6. The minimum absolute atomic E-state index is 0.0721. The van der Waals surface area contributed by atoms with E-state index in [0.717, 1.165) is 26.1 Å². The SMILES string of the molecule is CC(=O)NCCC[NH2+]CCCC[NH2+]CCC[NH3+]. The van der Waals surface area contributed by atoms with Crippen LogP contribution in [0, 0.1) is 0 Å². The van der Waals surface area contributed by atoms with Gasteiger partial charge in [-0.2, -0.15) is 0 Å². The van der Waals surface area contributed by atoms with Gasteiger partial charge in [-0.1, -0.05) is 0 Å². The molecule has 0 fully saturated rings. The Bertz CT molecular complexity index is 176. The first-order chi connectivity index (χ1) is 8.27. The van der Waals surface area contributed by atoms with Crippen LogP contribution in [0.5, 0.6) is 0 Å². The average Bonchev–Trinajstić information content (AvgIpc) is 2.30. The van der Waals surface area contributed by atoms with Crippen LogP contribution >= 0.6 is 0 Å². The first-order valence-electron chi connectivity index (χ1n) is 6.94. The van der Waals surface area contributed by atoms with Gasteiger partial charge < -0.3 is 21.7 Å². The highest BCUT2D eigenvalue weighted by atomic mass is 16.1. The third kappa shape index (κ3) is 15.4. The molecule has 0 saturated carbocycles. The van der Waals surface area contributed by atoms with Crippen molar-refractivity contribution in [3.8, 4) is 0 Å². The summed E-state index contributed by atoms with van der Waals surface area (Å²) in [6, 6.07) is 0. The van der Waals surface area contributed by atoms with Crippen molar-refractivity contribution in [2.75, 3.05) is 39.3 Å². The van der Waals surface area contributed by atoms with Crippen LogP contribution in [0.1, 0.15) is 32.6 Å². The molecule has 0 spiro atoms. The zero-order chi connectivity index (χ0) is 12.8. The number of hydrogen-bond acceptors (Lipinski definition) is 1. The number of amides is 1. The van der Waals surface area contributed by atoms with Gasteiger partial charge in [0.1, 0.15) is 0 Å². The highest BCUT2D eigenvalue weighted by Crippen LogP contribution is 1.78. The van der Waals surface area contributed by atoms with Crippen molar-refractivity contribution >= 4 is 5.91 Å². The molecule has 102 valence electrons. The number of carbonyl (C=O) groups excluding carboxylic acids is 1. The molecule has 0 radical (unpaired) electrons. The van der Waals surface area contributed by atoms with Gasteiger partial charge in [0, 0.05) is 39.2 Å². The number of unbranched alkanes of at least 4 members (excludes halogenated alkanes) is 1. The third-order valence-electron chi connectivity index (χ3n) is 2.68. The number of nitrogens with two attached hydrogens (primary N) is 2. The van der Waals surface area contributed by atoms with E-state index in [1.165, 1.54) is 38.9 Å². The molecule has 0 aromatic carbocycles. The molecule has 0 aromatic heterocycles. The Hall–Kier alpha value is -0.650. The molecule has 0 bridgehead atoms. The Balaban J connectivity index is 2.91. The van der Waals surface area contributed by atoms with Gasteiger partial charge in [0.25, 0.3) is 0 Å². The van der Waals surface area contributed by atoms with Gasteiger partial charge in [0.15, 0.2) is 0 Å². The van der Waals surface area contributed by atoms with Crippen LogP contribution < -0.4 is 21.7 Å². The fourth-order valence-electron chi connectivity index (χ4n) is 1.67. The summed E-state index contributed by atoms with van der Waals surface area (Å²) in [6.07, 6.45) is 4.89. The molecular formula is C12H31N4O+3. The summed E-state index contributed by atoms with van der Waals surface area (Å²) in [5.74, 6) is 0.0721. The monoisotopic (exact) mass is 247 g/mol. The van der Waals surface area contributed by atoms with Crippen molar-refractivity contribution in [1.29, 1.82) is 0 Å². The van der Waals surface area contributed by atoms with Crippen LogP contribution in [-0.4, -0.2) is 45.2 Å². The summed E-state index contributed by atoms with van der Waals surface area (Å²) in [5, 5.41) is 7.54. The Morgan fingerprint density at radius 3 is 2.06 bits per heavy atom. The number of nitrogens with one attached hydrogen (secondary N) is 1. The smallest absolute Gasteiger partial charge is 0.216 e. The van der Waals surface area contributed by atoms with E-state index in [2.05, 4.69) is 21.7 Å². The first kappa shape index (κ1) is 16.4. The Morgan fingerprint density at radius 1 is 1.00 bits per heavy atom. The summed E-state index contributed by atoms with van der Waals surface area (Å²) >= 11 is 0. The molecule has 5 heteroatoms. The van der Waals surface area contributed by atoms with Gasteiger partial charge in [0.2, 0.25) is 5.91 Å². The second-order valence-electron chi connectivity index (χ2n) is 4.48. The standard InChI is InChI=1S/C12H28N4O/c1-12(17)16-11-5-10-15-8-3-2-7-14-9-4-6-13/h14-15H,2-11,13H2,1H3,(H,16,17)/p+3. The van der Waals surface area contributed by atoms with Crippen LogP contribution in [0.15, 0.2) is 0 Å².